The van der Waals surface area contributed by atoms with Crippen LogP contribution in [-0.2, 0) is 0 Å². The summed E-state index contributed by atoms with van der Waals surface area (Å²) in [5, 5.41) is 0.324. The number of ether oxygens (including phenoxy) is 2. The number of carbonyl (C=O) groups excluding carboxylic acids is 1. The van der Waals surface area contributed by atoms with E-state index in [1.165, 1.54) is 45.0 Å². The number of hydrogen-bond donors (Lipinski definition) is 0. The van der Waals surface area contributed by atoms with Crippen LogP contribution in [0.2, 0.25) is 5.02 Å². The van der Waals surface area contributed by atoms with E-state index in [2.05, 4.69) is 9.88 Å². The Balaban J connectivity index is 1.29. The van der Waals surface area contributed by atoms with Gasteiger partial charge in [-0.25, -0.2) is 4.98 Å². The fraction of sp³-hybridized carbons (Fsp3) is 0.500. The van der Waals surface area contributed by atoms with E-state index in [0.29, 0.717) is 22.9 Å². The lowest BCUT2D eigenvalue weighted by Crippen LogP contribution is -2.35. The summed E-state index contributed by atoms with van der Waals surface area (Å²) >= 11 is 6.35. The maximum atomic E-state index is 12.6. The summed E-state index contributed by atoms with van der Waals surface area (Å²) in [5.74, 6) is 1.70. The van der Waals surface area contributed by atoms with Crippen molar-refractivity contribution in [2.24, 2.45) is 0 Å². The zero-order valence-electron chi connectivity index (χ0n) is 17.9. The van der Waals surface area contributed by atoms with Crippen molar-refractivity contribution in [3.05, 3.63) is 47.1 Å². The van der Waals surface area contributed by atoms with Crippen molar-refractivity contribution in [2.45, 2.75) is 38.5 Å². The van der Waals surface area contributed by atoms with Gasteiger partial charge in [0.1, 0.15) is 23.1 Å². The minimum absolute atomic E-state index is 0.0216. The average molecular weight is 444 g/mol. The molecule has 7 heteroatoms. The first-order chi connectivity index (χ1) is 15.2. The van der Waals surface area contributed by atoms with Crippen LogP contribution in [0.1, 0.15) is 48.9 Å². The van der Waals surface area contributed by atoms with Gasteiger partial charge >= 0.3 is 0 Å². The van der Waals surface area contributed by atoms with Crippen molar-refractivity contribution in [2.75, 3.05) is 39.3 Å². The molecule has 2 aliphatic heterocycles. The molecule has 0 atom stereocenters. The van der Waals surface area contributed by atoms with Crippen molar-refractivity contribution in [1.82, 2.24) is 14.8 Å². The molecule has 6 nitrogen and oxygen atoms in total. The van der Waals surface area contributed by atoms with Gasteiger partial charge in [0.05, 0.1) is 5.56 Å². The molecular weight excluding hydrogens is 414 g/mol. The molecule has 0 unspecified atom stereocenters. The van der Waals surface area contributed by atoms with Gasteiger partial charge in [-0.1, -0.05) is 18.0 Å². The van der Waals surface area contributed by atoms with Crippen LogP contribution >= 0.6 is 11.6 Å². The Hall–Kier alpha value is -2.31. The maximum absolute atomic E-state index is 12.6. The molecule has 0 saturated carbocycles. The maximum Gasteiger partial charge on any atom is 0.255 e. The SMILES string of the molecule is O=C(c1cnc(Oc2ccc(OCCN3CCCCC3)cc2)c(Cl)c1)N1CCCCC1. The van der Waals surface area contributed by atoms with Crippen molar-refractivity contribution in [3.8, 4) is 17.4 Å². The molecule has 3 heterocycles. The molecule has 0 radical (unpaired) electrons. The second kappa shape index (κ2) is 10.8. The molecular formula is C24H30ClN3O3. The first-order valence-corrected chi connectivity index (χ1v) is 11.6. The summed E-state index contributed by atoms with van der Waals surface area (Å²) < 4.78 is 11.7. The summed E-state index contributed by atoms with van der Waals surface area (Å²) in [6.07, 6.45) is 8.73. The van der Waals surface area contributed by atoms with Gasteiger partial charge in [-0.3, -0.25) is 9.69 Å². The van der Waals surface area contributed by atoms with Crippen LogP contribution < -0.4 is 9.47 Å². The van der Waals surface area contributed by atoms with Gasteiger partial charge < -0.3 is 14.4 Å². The average Bonchev–Trinajstić information content (AvgIpc) is 2.82. The summed E-state index contributed by atoms with van der Waals surface area (Å²) in [4.78, 5) is 21.2. The minimum Gasteiger partial charge on any atom is -0.492 e. The highest BCUT2D eigenvalue weighted by molar-refractivity contribution is 6.32. The normalized spacial score (nSPS) is 17.4. The highest BCUT2D eigenvalue weighted by Gasteiger charge is 2.20. The zero-order valence-corrected chi connectivity index (χ0v) is 18.6. The number of benzene rings is 1. The summed E-state index contributed by atoms with van der Waals surface area (Å²) in [6.45, 7) is 5.57. The van der Waals surface area contributed by atoms with E-state index in [4.69, 9.17) is 21.1 Å². The quantitative estimate of drug-likeness (QED) is 0.601. The van der Waals surface area contributed by atoms with E-state index in [9.17, 15) is 4.79 Å². The first kappa shape index (κ1) is 21.9. The molecule has 0 N–H and O–H groups in total. The number of nitrogens with zero attached hydrogens (tertiary/aromatic N) is 3. The number of rotatable bonds is 7. The van der Waals surface area contributed by atoms with E-state index < -0.39 is 0 Å². The Labute approximate surface area is 189 Å². The third-order valence-electron chi connectivity index (χ3n) is 5.86. The predicted octanol–water partition coefficient (Wildman–Crippen LogP) is 5.02. The third kappa shape index (κ3) is 6.11. The lowest BCUT2D eigenvalue weighted by Gasteiger charge is -2.26. The molecule has 0 spiro atoms. The highest BCUT2D eigenvalue weighted by atomic mass is 35.5. The number of carbonyl (C=O) groups is 1. The Kier molecular flexibility index (Phi) is 7.65. The third-order valence-corrected chi connectivity index (χ3v) is 6.13. The molecule has 2 fully saturated rings. The fourth-order valence-electron chi connectivity index (χ4n) is 4.09. The smallest absolute Gasteiger partial charge is 0.255 e. The van der Waals surface area contributed by atoms with Crippen molar-refractivity contribution in [3.63, 3.8) is 0 Å². The summed E-state index contributed by atoms with van der Waals surface area (Å²) in [7, 11) is 0. The fourth-order valence-corrected chi connectivity index (χ4v) is 4.29. The summed E-state index contributed by atoms with van der Waals surface area (Å²) in [5.41, 5.74) is 0.497. The molecule has 0 aliphatic carbocycles. The van der Waals surface area contributed by atoms with Crippen LogP contribution in [0.3, 0.4) is 0 Å². The van der Waals surface area contributed by atoms with Crippen LogP contribution in [0, 0.1) is 0 Å². The van der Waals surface area contributed by atoms with Gasteiger partial charge in [0, 0.05) is 25.8 Å². The second-order valence-electron chi connectivity index (χ2n) is 8.19. The summed E-state index contributed by atoms with van der Waals surface area (Å²) in [6, 6.07) is 9.07. The van der Waals surface area contributed by atoms with Gasteiger partial charge in [0.2, 0.25) is 5.88 Å². The van der Waals surface area contributed by atoms with Gasteiger partial charge in [-0.05, 0) is 75.5 Å². The molecule has 1 amide bonds. The number of piperidine rings is 2. The van der Waals surface area contributed by atoms with Crippen LogP contribution in [-0.4, -0.2) is 60.0 Å². The van der Waals surface area contributed by atoms with Gasteiger partial charge in [0.15, 0.2) is 0 Å². The predicted molar refractivity (Wildman–Crippen MR) is 121 cm³/mol. The number of hydrogen-bond acceptors (Lipinski definition) is 5. The molecule has 4 rings (SSSR count). The molecule has 2 saturated heterocycles. The number of halogens is 1. The van der Waals surface area contributed by atoms with Crippen molar-refractivity contribution in [1.29, 1.82) is 0 Å². The molecule has 31 heavy (non-hydrogen) atoms. The monoisotopic (exact) mass is 443 g/mol. The van der Waals surface area contributed by atoms with Gasteiger partial charge in [-0.2, -0.15) is 0 Å². The molecule has 1 aromatic heterocycles. The molecule has 1 aromatic carbocycles. The lowest BCUT2D eigenvalue weighted by molar-refractivity contribution is 0.0724. The van der Waals surface area contributed by atoms with E-state index in [1.54, 1.807) is 6.07 Å². The van der Waals surface area contributed by atoms with Crippen LogP contribution in [0.4, 0.5) is 0 Å². The Morgan fingerprint density at radius 1 is 0.935 bits per heavy atom. The Morgan fingerprint density at radius 3 is 2.26 bits per heavy atom. The van der Waals surface area contributed by atoms with Crippen molar-refractivity contribution < 1.29 is 14.3 Å². The number of likely N-dealkylation sites (tertiary alicyclic amines) is 2. The van der Waals surface area contributed by atoms with E-state index in [-0.39, 0.29) is 11.8 Å². The Morgan fingerprint density at radius 2 is 1.58 bits per heavy atom. The zero-order chi connectivity index (χ0) is 21.5. The van der Waals surface area contributed by atoms with Crippen LogP contribution in [0.5, 0.6) is 17.4 Å². The number of pyridine rings is 1. The molecule has 2 aromatic rings. The van der Waals surface area contributed by atoms with Crippen LogP contribution in [0.15, 0.2) is 36.5 Å². The molecule has 2 aliphatic rings. The largest absolute Gasteiger partial charge is 0.492 e. The van der Waals surface area contributed by atoms with Crippen molar-refractivity contribution >= 4 is 17.5 Å². The van der Waals surface area contributed by atoms with Crippen LogP contribution in [0.25, 0.3) is 0 Å². The van der Waals surface area contributed by atoms with Gasteiger partial charge in [-0.15, -0.1) is 0 Å². The highest BCUT2D eigenvalue weighted by Crippen LogP contribution is 2.29. The molecule has 166 valence electrons. The van der Waals surface area contributed by atoms with Gasteiger partial charge in [0.25, 0.3) is 5.91 Å². The van der Waals surface area contributed by atoms with E-state index >= 15 is 0 Å². The topological polar surface area (TPSA) is 54.9 Å². The Bertz CT molecular complexity index is 863. The lowest BCUT2D eigenvalue weighted by atomic mass is 10.1. The minimum atomic E-state index is -0.0216. The number of aromatic nitrogens is 1. The molecule has 0 bridgehead atoms. The number of amides is 1. The second-order valence-corrected chi connectivity index (χ2v) is 8.60. The standard InChI is InChI=1S/C24H30ClN3O3/c25-22-17-19(24(29)28-13-5-2-6-14-28)18-26-23(22)31-21-9-7-20(8-10-21)30-16-15-27-11-3-1-4-12-27/h7-10,17-18H,1-6,11-16H2. The van der Waals surface area contributed by atoms with E-state index in [0.717, 1.165) is 38.2 Å². The van der Waals surface area contributed by atoms with E-state index in [1.807, 2.05) is 29.2 Å². The first-order valence-electron chi connectivity index (χ1n) is 11.3.